The monoisotopic (exact) mass is 1910 g/mol. The van der Waals surface area contributed by atoms with Gasteiger partial charge in [0.05, 0.1) is 59.7 Å². The van der Waals surface area contributed by atoms with Gasteiger partial charge in [0, 0.05) is 45.2 Å². The summed E-state index contributed by atoms with van der Waals surface area (Å²) < 4.78 is 33.7. The summed E-state index contributed by atoms with van der Waals surface area (Å²) in [5, 5.41) is 32.9. The molecule has 1 amide bonds. The smallest absolute Gasteiger partial charge is 0.343 e. The number of fused-ring (bicyclic) bond motifs is 5. The van der Waals surface area contributed by atoms with Crippen LogP contribution in [0.5, 0.6) is 5.75 Å². The van der Waals surface area contributed by atoms with Crippen molar-refractivity contribution >= 4 is 98.6 Å². The molecule has 0 saturated carbocycles. The van der Waals surface area contributed by atoms with E-state index in [4.69, 9.17) is 44.5 Å². The van der Waals surface area contributed by atoms with E-state index in [9.17, 15) is 58.2 Å². The number of ether oxygens (including phenoxy) is 6. The number of phenols is 1. The van der Waals surface area contributed by atoms with Gasteiger partial charge in [0.15, 0.2) is 5.60 Å². The number of rotatable bonds is 35. The second-order valence-corrected chi connectivity index (χ2v) is 37.2. The number of carboxylic acid groups (broad SMARTS) is 1. The SMILES string of the molecule is CC(C)(C)OC(=O)CN=C(c1ccccc1)c1ccccc1.CCCCCCC(N)C(=O)OC(C)(C)C.CCCCCCC(N=C(c1ccccc1)c1ccccc1)C(=O)OC(C)(C)C.CCCCCCC(NC(=O)CCC(=O)O)C(=O)OC(C)(C)C.CCCCCCI.CCc1c2c(nc3ccc(O)cc13)-c1cc3c(c(=O)n1C2)COC(=O)[C@]3(O)CC.O=C1CCC(=O)O1. The predicted octanol–water partition coefficient (Wildman–Crippen LogP) is 20.5. The molecule has 26 heteroatoms. The van der Waals surface area contributed by atoms with Gasteiger partial charge in [-0.2, -0.15) is 0 Å². The molecule has 6 N–H and O–H groups in total. The van der Waals surface area contributed by atoms with E-state index >= 15 is 0 Å². The number of pyridine rings is 2. The molecule has 10 rings (SSSR count). The van der Waals surface area contributed by atoms with E-state index in [0.717, 1.165) is 113 Å². The number of nitrogens with two attached hydrogens (primary N) is 1. The maximum absolute atomic E-state index is 13.2. The van der Waals surface area contributed by atoms with Crippen molar-refractivity contribution in [2.24, 2.45) is 15.7 Å². The summed E-state index contributed by atoms with van der Waals surface area (Å²) in [6.07, 6.45) is 21.5. The number of aliphatic imine (C=N–C) groups is 2. The minimum Gasteiger partial charge on any atom is -0.508 e. The van der Waals surface area contributed by atoms with Crippen LogP contribution < -0.4 is 16.6 Å². The number of hydrogen-bond donors (Lipinski definition) is 5. The lowest BCUT2D eigenvalue weighted by Crippen LogP contribution is -2.44. The van der Waals surface area contributed by atoms with Gasteiger partial charge in [-0.15, -0.1) is 0 Å². The number of unbranched alkanes of at least 4 members (excludes halogenated alkanes) is 12. The van der Waals surface area contributed by atoms with E-state index < -0.39 is 81.9 Å². The maximum atomic E-state index is 13.2. The van der Waals surface area contributed by atoms with Gasteiger partial charge in [0.25, 0.3) is 5.56 Å². The standard InChI is InChI=1S/C25H33NO2.C22H20N2O5.C19H21NO2.C16H29NO5.C12H25NO2.C6H13I.C4H4O3/c1-5-6-7-14-19-22(24(27)28-25(2,3)4)26-23(20-15-10-8-11-16-20)21-17-12-9-13-18-21;1-3-12-13-7-11(25)5-6-17(13)23-19-14(12)9-24-18(19)8-16-15(20(24)26)10-29-21(27)22(16,28)4-2;1-19(2,3)22-17(21)14-20-18(15-10-6-4-7-11-15)16-12-8-5-9-13-16;1-5-6-7-8-9-12(15(21)22-16(2,3)4)17-13(18)10-11-14(19)20;1-5-6-7-8-9-10(13)11(14)15-12(2,3)4;1-2-3-4-5-6-7;5-3-1-2-4(6)7-3/h8-13,15-18,22H,5-7,14,19H2,1-4H3;5-8,25,28H,3-4,9-10H2,1-2H3;4-13H,14H2,1-3H3;12H,5-11H2,1-4H3,(H,17,18)(H,19,20);10H,5-9,13H2,1-4H3;2-6H2,1H3;1-2H2/t;22-;;;;;/m.0...../s1. The van der Waals surface area contributed by atoms with Gasteiger partial charge in [-0.3, -0.25) is 43.5 Å². The molecule has 7 aromatic rings. The number of phenolic OH excluding ortho intramolecular Hbond substituents is 1. The first-order chi connectivity index (χ1) is 61.5. The highest BCUT2D eigenvalue weighted by atomic mass is 127. The van der Waals surface area contributed by atoms with Crippen LogP contribution >= 0.6 is 22.6 Å². The normalized spacial score (nSPS) is 14.1. The number of aliphatic hydroxyl groups is 1. The van der Waals surface area contributed by atoms with E-state index in [1.807, 2.05) is 191 Å². The summed E-state index contributed by atoms with van der Waals surface area (Å²) in [5.74, 6) is -4.14. The Morgan fingerprint density at radius 1 is 0.554 bits per heavy atom. The molecule has 130 heavy (non-hydrogen) atoms. The highest BCUT2D eigenvalue weighted by Crippen LogP contribution is 2.41. The van der Waals surface area contributed by atoms with Crippen LogP contribution in [0, 0.1) is 0 Å². The predicted molar refractivity (Wildman–Crippen MR) is 521 cm³/mol. The van der Waals surface area contributed by atoms with Crippen LogP contribution in [-0.2, 0) is 96.7 Å². The number of carbonyl (C=O) groups is 9. The fourth-order valence-corrected chi connectivity index (χ4v) is 14.3. The minimum absolute atomic E-state index is 0.0103. The molecule has 2 aromatic heterocycles. The van der Waals surface area contributed by atoms with Gasteiger partial charge in [0.1, 0.15) is 59.4 Å². The summed E-state index contributed by atoms with van der Waals surface area (Å²) in [6, 6.07) is 44.9. The van der Waals surface area contributed by atoms with E-state index in [2.05, 4.69) is 65.3 Å². The highest BCUT2D eigenvalue weighted by molar-refractivity contribution is 14.1. The first-order valence-electron chi connectivity index (χ1n) is 46.1. The van der Waals surface area contributed by atoms with Crippen LogP contribution in [0.3, 0.4) is 0 Å². The lowest BCUT2D eigenvalue weighted by Gasteiger charge is -2.31. The summed E-state index contributed by atoms with van der Waals surface area (Å²) >= 11 is 2.43. The molecule has 0 bridgehead atoms. The molecular formula is C104H145IN6O19. The Kier molecular flexibility index (Phi) is 49.2. The number of nitrogens with zero attached hydrogens (tertiary/aromatic N) is 4. The second-order valence-electron chi connectivity index (χ2n) is 36.1. The van der Waals surface area contributed by atoms with Crippen LogP contribution in [0.25, 0.3) is 22.3 Å². The number of amides is 1. The zero-order valence-electron chi connectivity index (χ0n) is 80.2. The van der Waals surface area contributed by atoms with E-state index in [-0.39, 0.29) is 74.5 Å². The lowest BCUT2D eigenvalue weighted by atomic mass is 9.86. The number of alkyl halides is 1. The Balaban J connectivity index is 0.000000331. The molecule has 0 radical (unpaired) electrons. The average Bonchev–Trinajstić information content (AvgIpc) is 1.54. The average molecular weight is 1910 g/mol. The Labute approximate surface area is 784 Å². The van der Waals surface area contributed by atoms with Gasteiger partial charge >= 0.3 is 47.8 Å². The molecule has 0 aliphatic carbocycles. The largest absolute Gasteiger partial charge is 0.508 e. The third-order valence-electron chi connectivity index (χ3n) is 20.2. The van der Waals surface area contributed by atoms with Crippen molar-refractivity contribution in [3.8, 4) is 17.1 Å². The highest BCUT2D eigenvalue weighted by Gasteiger charge is 2.46. The first-order valence-corrected chi connectivity index (χ1v) is 47.6. The fraction of sp³-hybridized carbons (Fsp3) is 0.529. The number of benzene rings is 5. The second kappa shape index (κ2) is 57.1. The minimum atomic E-state index is -1.83. The number of esters is 7. The quantitative estimate of drug-likeness (QED) is 0.00468. The van der Waals surface area contributed by atoms with Crippen LogP contribution in [0.1, 0.15) is 323 Å². The Morgan fingerprint density at radius 3 is 1.45 bits per heavy atom. The fourth-order valence-electron chi connectivity index (χ4n) is 13.8. The number of cyclic esters (lactones) is 3. The maximum Gasteiger partial charge on any atom is 0.343 e. The van der Waals surface area contributed by atoms with Crippen LogP contribution in [0.2, 0.25) is 0 Å². The number of aryl methyl sites for hydroxylation is 1. The Hall–Kier alpha value is -10.3. The van der Waals surface area contributed by atoms with Crippen molar-refractivity contribution in [1.82, 2.24) is 14.9 Å². The van der Waals surface area contributed by atoms with Gasteiger partial charge in [0.2, 0.25) is 5.91 Å². The molecular weight excluding hydrogens is 1760 g/mol. The number of carboxylic acids is 1. The van der Waals surface area contributed by atoms with Crippen molar-refractivity contribution in [3.05, 3.63) is 200 Å². The van der Waals surface area contributed by atoms with Gasteiger partial charge < -0.3 is 59.4 Å². The Bertz CT molecular complexity index is 4730. The van der Waals surface area contributed by atoms with Crippen molar-refractivity contribution in [1.29, 1.82) is 0 Å². The van der Waals surface area contributed by atoms with Gasteiger partial charge in [-0.25, -0.2) is 19.4 Å². The molecule has 3 unspecified atom stereocenters. The third kappa shape index (κ3) is 41.0. The van der Waals surface area contributed by atoms with Gasteiger partial charge in [-0.05, 0) is 156 Å². The molecule has 5 heterocycles. The molecule has 3 aliphatic heterocycles. The van der Waals surface area contributed by atoms with Crippen LogP contribution in [-0.4, -0.2) is 141 Å². The van der Waals surface area contributed by atoms with Crippen LogP contribution in [0.4, 0.5) is 0 Å². The van der Waals surface area contributed by atoms with E-state index in [0.29, 0.717) is 48.3 Å². The zero-order valence-corrected chi connectivity index (χ0v) is 82.4. The summed E-state index contributed by atoms with van der Waals surface area (Å²) in [5.41, 5.74) is 11.8. The van der Waals surface area contributed by atoms with Crippen molar-refractivity contribution in [2.75, 3.05) is 11.0 Å². The summed E-state index contributed by atoms with van der Waals surface area (Å²) in [7, 11) is 0. The topological polar surface area (TPSA) is 367 Å². The molecule has 4 atom stereocenters. The summed E-state index contributed by atoms with van der Waals surface area (Å²) in [6.45, 7) is 34.8. The molecule has 1 fully saturated rings. The Morgan fingerprint density at radius 2 is 1.01 bits per heavy atom. The molecule has 25 nitrogen and oxygen atoms in total. The molecule has 712 valence electrons. The molecule has 5 aromatic carbocycles. The number of aromatic hydroxyl groups is 1. The van der Waals surface area contributed by atoms with E-state index in [1.165, 1.54) is 55.8 Å². The third-order valence-corrected chi connectivity index (χ3v) is 20.9. The number of nitrogens with one attached hydrogen (secondary N) is 1. The molecule has 1 saturated heterocycles. The molecule has 3 aliphatic rings. The van der Waals surface area contributed by atoms with Crippen molar-refractivity contribution in [2.45, 2.75) is 344 Å². The number of hydrogen-bond acceptors (Lipinski definition) is 22. The van der Waals surface area contributed by atoms with E-state index in [1.54, 1.807) is 56.5 Å². The number of aromatic nitrogens is 2. The lowest BCUT2D eigenvalue weighted by molar-refractivity contribution is -0.172. The van der Waals surface area contributed by atoms with Gasteiger partial charge in [-0.1, -0.05) is 282 Å². The van der Waals surface area contributed by atoms with Crippen molar-refractivity contribution in [3.63, 3.8) is 0 Å². The molecule has 0 spiro atoms. The first kappa shape index (κ1) is 112. The number of aliphatic carboxylic acids is 1. The van der Waals surface area contributed by atoms with Crippen molar-refractivity contribution < 1.29 is 86.9 Å². The van der Waals surface area contributed by atoms with Crippen LogP contribution in [0.15, 0.2) is 160 Å². The zero-order chi connectivity index (χ0) is 96.8. The summed E-state index contributed by atoms with van der Waals surface area (Å²) in [4.78, 5) is 130. The number of halogens is 1. The number of carbonyl (C=O) groups excluding carboxylic acids is 8.